The number of rotatable bonds is 8. The van der Waals surface area contributed by atoms with Crippen molar-refractivity contribution in [2.75, 3.05) is 39.1 Å². The van der Waals surface area contributed by atoms with Crippen molar-refractivity contribution in [3.8, 4) is 5.75 Å². The van der Waals surface area contributed by atoms with Gasteiger partial charge >= 0.3 is 6.36 Å². The van der Waals surface area contributed by atoms with Gasteiger partial charge in [0.25, 0.3) is 5.91 Å². The molecule has 11 heteroatoms. The Kier molecular flexibility index (Phi) is 6.79. The average molecular weight is 486 g/mol. The molecule has 0 aliphatic rings. The molecule has 0 aliphatic carbocycles. The summed E-state index contributed by atoms with van der Waals surface area (Å²) < 4.78 is 43.8. The Hall–Kier alpha value is -3.86. The average Bonchev–Trinajstić information content (AvgIpc) is 3.24. The van der Waals surface area contributed by atoms with Gasteiger partial charge in [0.05, 0.1) is 28.8 Å². The summed E-state index contributed by atoms with van der Waals surface area (Å²) >= 11 is 0. The Morgan fingerprint density at radius 1 is 1.06 bits per heavy atom. The summed E-state index contributed by atoms with van der Waals surface area (Å²) in [4.78, 5) is 21.5. The molecule has 0 fully saturated rings. The Bertz CT molecular complexity index is 1350. The highest BCUT2D eigenvalue weighted by atomic mass is 19.4. The third-order valence-electron chi connectivity index (χ3n) is 5.36. The molecule has 4 aromatic rings. The first kappa shape index (κ1) is 24.3. The van der Waals surface area contributed by atoms with E-state index in [2.05, 4.69) is 20.1 Å². The molecule has 2 aromatic carbocycles. The lowest BCUT2D eigenvalue weighted by molar-refractivity contribution is -0.274. The minimum absolute atomic E-state index is 0.00996. The van der Waals surface area contributed by atoms with Gasteiger partial charge in [0.1, 0.15) is 5.75 Å². The number of nitrogens with one attached hydrogen (secondary N) is 1. The molecule has 4 rings (SSSR count). The molecule has 2 aromatic heterocycles. The lowest BCUT2D eigenvalue weighted by Crippen LogP contribution is -2.30. The molecule has 0 bridgehead atoms. The minimum atomic E-state index is -4.90. The van der Waals surface area contributed by atoms with E-state index >= 15 is 0 Å². The van der Waals surface area contributed by atoms with Gasteiger partial charge in [-0.1, -0.05) is 30.3 Å². The van der Waals surface area contributed by atoms with Gasteiger partial charge in [0, 0.05) is 25.5 Å². The molecule has 0 atom stereocenters. The molecule has 0 saturated heterocycles. The van der Waals surface area contributed by atoms with Crippen LogP contribution >= 0.6 is 0 Å². The summed E-state index contributed by atoms with van der Waals surface area (Å²) in [6.07, 6.45) is -4.90. The predicted molar refractivity (Wildman–Crippen MR) is 127 cm³/mol. The molecule has 0 saturated carbocycles. The first-order valence-electron chi connectivity index (χ1n) is 10.9. The smallest absolute Gasteiger partial charge is 0.405 e. The number of ether oxygens (including phenoxy) is 1. The van der Waals surface area contributed by atoms with Gasteiger partial charge in [-0.3, -0.25) is 4.79 Å². The molecule has 8 nitrogen and oxygen atoms in total. The summed E-state index contributed by atoms with van der Waals surface area (Å²) in [6, 6.07) is 14.7. The summed E-state index contributed by atoms with van der Waals surface area (Å²) in [5.41, 5.74) is 1.94. The Labute approximate surface area is 199 Å². The van der Waals surface area contributed by atoms with Gasteiger partial charge in [-0.15, -0.1) is 13.2 Å². The first-order chi connectivity index (χ1) is 16.6. The quantitative estimate of drug-likeness (QED) is 0.409. The summed E-state index contributed by atoms with van der Waals surface area (Å²) in [5, 5.41) is 8.16. The van der Waals surface area contributed by atoms with Crippen molar-refractivity contribution in [3.05, 3.63) is 65.9 Å². The number of hydrogen-bond acceptors (Lipinski definition) is 6. The standard InChI is InChI=1S/C24H25F3N6O2/c1-31(2)12-13-32(3)23-29-19-10-6-4-8-17(19)20-14-16(30-33(20)23)15-28-22(34)18-9-5-7-11-21(18)35-24(25,26)27/h4-11,14H,12-13,15H2,1-3H3,(H,28,34). The Balaban J connectivity index is 1.62. The van der Waals surface area contributed by atoms with Crippen LogP contribution in [0.5, 0.6) is 5.75 Å². The van der Waals surface area contributed by atoms with E-state index in [0.717, 1.165) is 35.6 Å². The number of aromatic nitrogens is 3. The van der Waals surface area contributed by atoms with E-state index in [1.807, 2.05) is 56.4 Å². The number of carbonyl (C=O) groups excluding carboxylic acids is 1. The molecule has 0 spiro atoms. The normalized spacial score (nSPS) is 11.9. The van der Waals surface area contributed by atoms with Crippen molar-refractivity contribution < 1.29 is 22.7 Å². The van der Waals surface area contributed by atoms with E-state index in [1.165, 1.54) is 18.2 Å². The number of para-hydroxylation sites is 2. The molecule has 0 unspecified atom stereocenters. The maximum Gasteiger partial charge on any atom is 0.573 e. The second-order valence-electron chi connectivity index (χ2n) is 8.31. The van der Waals surface area contributed by atoms with Gasteiger partial charge in [0.15, 0.2) is 0 Å². The SMILES string of the molecule is CN(C)CCN(C)c1nc2ccccc2c2cc(CNC(=O)c3ccccc3OC(F)(F)F)nn12. The van der Waals surface area contributed by atoms with Crippen molar-refractivity contribution in [3.63, 3.8) is 0 Å². The number of fused-ring (bicyclic) bond motifs is 3. The van der Waals surface area contributed by atoms with Crippen LogP contribution in [0.25, 0.3) is 16.4 Å². The Morgan fingerprint density at radius 2 is 1.77 bits per heavy atom. The third kappa shape index (κ3) is 5.62. The highest BCUT2D eigenvalue weighted by Gasteiger charge is 2.32. The zero-order valence-electron chi connectivity index (χ0n) is 19.5. The van der Waals surface area contributed by atoms with Crippen LogP contribution in [0.1, 0.15) is 16.1 Å². The summed E-state index contributed by atoms with van der Waals surface area (Å²) in [6.45, 7) is 1.54. The monoisotopic (exact) mass is 486 g/mol. The van der Waals surface area contributed by atoms with E-state index in [-0.39, 0.29) is 12.1 Å². The fourth-order valence-corrected chi connectivity index (χ4v) is 3.63. The van der Waals surface area contributed by atoms with E-state index in [9.17, 15) is 18.0 Å². The second-order valence-corrected chi connectivity index (χ2v) is 8.31. The van der Waals surface area contributed by atoms with Crippen LogP contribution in [0.2, 0.25) is 0 Å². The van der Waals surface area contributed by atoms with Crippen LogP contribution in [0.15, 0.2) is 54.6 Å². The number of carbonyl (C=O) groups is 1. The van der Waals surface area contributed by atoms with E-state index < -0.39 is 18.0 Å². The van der Waals surface area contributed by atoms with Crippen LogP contribution in [-0.2, 0) is 6.54 Å². The first-order valence-corrected chi connectivity index (χ1v) is 10.9. The van der Waals surface area contributed by atoms with Crippen LogP contribution in [0, 0.1) is 0 Å². The maximum atomic E-state index is 12.7. The summed E-state index contributed by atoms with van der Waals surface area (Å²) in [7, 11) is 5.91. The van der Waals surface area contributed by atoms with Crippen LogP contribution in [0.4, 0.5) is 19.1 Å². The topological polar surface area (TPSA) is 75.0 Å². The molecule has 184 valence electrons. The van der Waals surface area contributed by atoms with Crippen molar-refractivity contribution in [2.45, 2.75) is 12.9 Å². The van der Waals surface area contributed by atoms with Gasteiger partial charge in [0.2, 0.25) is 5.95 Å². The lowest BCUT2D eigenvalue weighted by Gasteiger charge is -2.21. The van der Waals surface area contributed by atoms with E-state index in [1.54, 1.807) is 4.52 Å². The molecule has 1 N–H and O–H groups in total. The molecular formula is C24H25F3N6O2. The van der Waals surface area contributed by atoms with Crippen LogP contribution < -0.4 is 15.0 Å². The summed E-state index contributed by atoms with van der Waals surface area (Å²) in [5.74, 6) is -0.622. The van der Waals surface area contributed by atoms with E-state index in [0.29, 0.717) is 11.6 Å². The molecule has 0 radical (unpaired) electrons. The molecule has 2 heterocycles. The molecule has 35 heavy (non-hydrogen) atoms. The van der Waals surface area contributed by atoms with Crippen molar-refractivity contribution in [1.29, 1.82) is 0 Å². The van der Waals surface area contributed by atoms with Crippen molar-refractivity contribution in [2.24, 2.45) is 0 Å². The number of benzene rings is 2. The van der Waals surface area contributed by atoms with Gasteiger partial charge in [-0.25, -0.2) is 4.98 Å². The highest BCUT2D eigenvalue weighted by Crippen LogP contribution is 2.27. The Morgan fingerprint density at radius 3 is 2.51 bits per heavy atom. The molecule has 1 amide bonds. The second kappa shape index (κ2) is 9.79. The van der Waals surface area contributed by atoms with Crippen LogP contribution in [0.3, 0.4) is 0 Å². The fourth-order valence-electron chi connectivity index (χ4n) is 3.63. The number of alkyl halides is 3. The van der Waals surface area contributed by atoms with Gasteiger partial charge in [-0.2, -0.15) is 9.61 Å². The zero-order chi connectivity index (χ0) is 25.2. The zero-order valence-corrected chi connectivity index (χ0v) is 19.5. The number of halogens is 3. The molecular weight excluding hydrogens is 461 g/mol. The highest BCUT2D eigenvalue weighted by molar-refractivity contribution is 5.97. The van der Waals surface area contributed by atoms with E-state index in [4.69, 9.17) is 4.98 Å². The number of nitrogens with zero attached hydrogens (tertiary/aromatic N) is 5. The van der Waals surface area contributed by atoms with Gasteiger partial charge < -0.3 is 19.9 Å². The largest absolute Gasteiger partial charge is 0.573 e. The maximum absolute atomic E-state index is 12.7. The van der Waals surface area contributed by atoms with Gasteiger partial charge in [-0.05, 0) is 38.4 Å². The minimum Gasteiger partial charge on any atom is -0.405 e. The number of likely N-dealkylation sites (N-methyl/N-ethyl adjacent to an activating group) is 2. The number of anilines is 1. The number of hydrogen-bond donors (Lipinski definition) is 1. The predicted octanol–water partition coefficient (Wildman–Crippen LogP) is 3.71. The van der Waals surface area contributed by atoms with Crippen molar-refractivity contribution in [1.82, 2.24) is 24.8 Å². The van der Waals surface area contributed by atoms with Crippen molar-refractivity contribution >= 4 is 28.3 Å². The number of amides is 1. The fraction of sp³-hybridized carbons (Fsp3) is 0.292. The lowest BCUT2D eigenvalue weighted by atomic mass is 10.2. The third-order valence-corrected chi connectivity index (χ3v) is 5.36. The van der Waals surface area contributed by atoms with Crippen LogP contribution in [-0.4, -0.2) is 66.0 Å². The molecule has 0 aliphatic heterocycles.